The molecule has 2 aromatic carbocycles. The fourth-order valence-electron chi connectivity index (χ4n) is 3.67. The van der Waals surface area contributed by atoms with Crippen molar-refractivity contribution in [3.05, 3.63) is 60.2 Å². The second kappa shape index (κ2) is 9.91. The van der Waals surface area contributed by atoms with Gasteiger partial charge in [0.2, 0.25) is 15.9 Å². The van der Waals surface area contributed by atoms with Gasteiger partial charge in [-0.15, -0.1) is 0 Å². The quantitative estimate of drug-likeness (QED) is 0.667. The number of methoxy groups -OCH3 is 1. The lowest BCUT2D eigenvalue weighted by atomic mass is 9.96. The molecule has 0 aliphatic heterocycles. The van der Waals surface area contributed by atoms with Gasteiger partial charge in [0.25, 0.3) is 0 Å². The number of anilines is 1. The highest BCUT2D eigenvalue weighted by atomic mass is 32.2. The maximum Gasteiger partial charge on any atom is 0.248 e. The normalized spacial score (nSPS) is 15.4. The molecule has 1 aliphatic carbocycles. The van der Waals surface area contributed by atoms with E-state index in [2.05, 4.69) is 5.32 Å². The minimum Gasteiger partial charge on any atom is -0.496 e. The summed E-state index contributed by atoms with van der Waals surface area (Å²) in [5, 5.41) is 2.75. The Morgan fingerprint density at radius 2 is 1.73 bits per heavy atom. The van der Waals surface area contributed by atoms with Crippen LogP contribution in [0.25, 0.3) is 6.08 Å². The Labute approximate surface area is 178 Å². The SMILES string of the molecule is COc1ccccc1C=CC(=O)Nc1ccc(S(=O)(=O)N(C)C2CCCCC2)cc1. The molecule has 1 saturated carbocycles. The van der Waals surface area contributed by atoms with E-state index in [4.69, 9.17) is 4.74 Å². The highest BCUT2D eigenvalue weighted by molar-refractivity contribution is 7.89. The van der Waals surface area contributed by atoms with E-state index in [1.54, 1.807) is 32.4 Å². The molecule has 0 aromatic heterocycles. The first-order valence-corrected chi connectivity index (χ1v) is 11.6. The zero-order chi connectivity index (χ0) is 21.6. The highest BCUT2D eigenvalue weighted by Crippen LogP contribution is 2.27. The Kier molecular flexibility index (Phi) is 7.29. The molecule has 1 amide bonds. The summed E-state index contributed by atoms with van der Waals surface area (Å²) < 4.78 is 32.6. The average molecular weight is 429 g/mol. The maximum atomic E-state index is 12.9. The fourth-order valence-corrected chi connectivity index (χ4v) is 5.09. The third-order valence-electron chi connectivity index (χ3n) is 5.44. The Hall–Kier alpha value is -2.64. The van der Waals surface area contributed by atoms with Gasteiger partial charge < -0.3 is 10.1 Å². The molecular formula is C23H28N2O4S. The van der Waals surface area contributed by atoms with Crippen LogP contribution in [0.3, 0.4) is 0 Å². The van der Waals surface area contributed by atoms with Crippen molar-refractivity contribution in [3.8, 4) is 5.75 Å². The summed E-state index contributed by atoms with van der Waals surface area (Å²) >= 11 is 0. The number of benzene rings is 2. The first kappa shape index (κ1) is 22.1. The van der Waals surface area contributed by atoms with Gasteiger partial charge in [-0.05, 0) is 49.2 Å². The molecule has 1 fully saturated rings. The predicted octanol–water partition coefficient (Wildman–Crippen LogP) is 4.30. The molecule has 160 valence electrons. The number of nitrogens with one attached hydrogen (secondary N) is 1. The molecule has 2 aromatic rings. The van der Waals surface area contributed by atoms with E-state index >= 15 is 0 Å². The minimum atomic E-state index is -3.55. The molecule has 6 nitrogen and oxygen atoms in total. The number of rotatable bonds is 7. The van der Waals surface area contributed by atoms with Gasteiger partial charge in [-0.3, -0.25) is 4.79 Å². The molecule has 0 heterocycles. The number of para-hydroxylation sites is 1. The topological polar surface area (TPSA) is 75.7 Å². The Balaban J connectivity index is 1.65. The minimum absolute atomic E-state index is 0.0586. The summed E-state index contributed by atoms with van der Waals surface area (Å²) in [7, 11) is -0.311. The van der Waals surface area contributed by atoms with Gasteiger partial charge >= 0.3 is 0 Å². The molecule has 1 N–H and O–H groups in total. The number of hydrogen-bond donors (Lipinski definition) is 1. The maximum absolute atomic E-state index is 12.9. The van der Waals surface area contributed by atoms with Crippen LogP contribution in [0.5, 0.6) is 5.75 Å². The third kappa shape index (κ3) is 5.29. The summed E-state index contributed by atoms with van der Waals surface area (Å²) in [5.74, 6) is 0.369. The van der Waals surface area contributed by atoms with Crippen molar-refractivity contribution in [1.82, 2.24) is 4.31 Å². The molecule has 0 saturated heterocycles. The zero-order valence-corrected chi connectivity index (χ0v) is 18.2. The van der Waals surface area contributed by atoms with Crippen molar-refractivity contribution in [3.63, 3.8) is 0 Å². The van der Waals surface area contributed by atoms with Crippen LogP contribution in [-0.2, 0) is 14.8 Å². The van der Waals surface area contributed by atoms with E-state index in [1.807, 2.05) is 24.3 Å². The largest absolute Gasteiger partial charge is 0.496 e. The first-order chi connectivity index (χ1) is 14.4. The highest BCUT2D eigenvalue weighted by Gasteiger charge is 2.28. The summed E-state index contributed by atoms with van der Waals surface area (Å²) in [6.45, 7) is 0. The van der Waals surface area contributed by atoms with E-state index < -0.39 is 10.0 Å². The smallest absolute Gasteiger partial charge is 0.248 e. The van der Waals surface area contributed by atoms with Crippen LogP contribution in [0.1, 0.15) is 37.7 Å². The van der Waals surface area contributed by atoms with Gasteiger partial charge in [0, 0.05) is 30.4 Å². The van der Waals surface area contributed by atoms with Crippen molar-refractivity contribution >= 4 is 27.7 Å². The van der Waals surface area contributed by atoms with E-state index in [0.29, 0.717) is 11.4 Å². The van der Waals surface area contributed by atoms with Crippen molar-refractivity contribution < 1.29 is 17.9 Å². The lowest BCUT2D eigenvalue weighted by Crippen LogP contribution is -2.38. The number of sulfonamides is 1. The predicted molar refractivity (Wildman–Crippen MR) is 119 cm³/mol. The van der Waals surface area contributed by atoms with Gasteiger partial charge in [-0.1, -0.05) is 37.5 Å². The number of carbonyl (C=O) groups excluding carboxylic acids is 1. The van der Waals surface area contributed by atoms with E-state index in [9.17, 15) is 13.2 Å². The molecule has 7 heteroatoms. The zero-order valence-electron chi connectivity index (χ0n) is 17.4. The summed E-state index contributed by atoms with van der Waals surface area (Å²) in [6, 6.07) is 13.7. The number of nitrogens with zero attached hydrogens (tertiary/aromatic N) is 1. The summed E-state index contributed by atoms with van der Waals surface area (Å²) in [6.07, 6.45) is 8.20. The Bertz CT molecular complexity index is 994. The van der Waals surface area contributed by atoms with Crippen molar-refractivity contribution in [2.24, 2.45) is 0 Å². The monoisotopic (exact) mass is 428 g/mol. The van der Waals surface area contributed by atoms with E-state index in [0.717, 1.165) is 31.2 Å². The van der Waals surface area contributed by atoms with Gasteiger partial charge in [0.15, 0.2) is 0 Å². The van der Waals surface area contributed by atoms with E-state index in [-0.39, 0.29) is 16.8 Å². The molecule has 0 unspecified atom stereocenters. The van der Waals surface area contributed by atoms with Crippen LogP contribution in [0.4, 0.5) is 5.69 Å². The van der Waals surface area contributed by atoms with Crippen LogP contribution in [0, 0.1) is 0 Å². The van der Waals surface area contributed by atoms with Gasteiger partial charge in [-0.2, -0.15) is 4.31 Å². The molecule has 3 rings (SSSR count). The molecule has 1 aliphatic rings. The lowest BCUT2D eigenvalue weighted by molar-refractivity contribution is -0.111. The number of hydrogen-bond acceptors (Lipinski definition) is 4. The van der Waals surface area contributed by atoms with Crippen LogP contribution < -0.4 is 10.1 Å². The molecule has 30 heavy (non-hydrogen) atoms. The fraction of sp³-hybridized carbons (Fsp3) is 0.348. The number of ether oxygens (including phenoxy) is 1. The van der Waals surface area contributed by atoms with E-state index in [1.165, 1.54) is 28.9 Å². The molecule has 0 radical (unpaired) electrons. The molecule has 0 spiro atoms. The third-order valence-corrected chi connectivity index (χ3v) is 7.37. The lowest BCUT2D eigenvalue weighted by Gasteiger charge is -2.30. The second-order valence-corrected chi connectivity index (χ2v) is 9.40. The Morgan fingerprint density at radius 3 is 2.40 bits per heavy atom. The second-order valence-electron chi connectivity index (χ2n) is 7.40. The van der Waals surface area contributed by atoms with Gasteiger partial charge in [-0.25, -0.2) is 8.42 Å². The van der Waals surface area contributed by atoms with Crippen LogP contribution >= 0.6 is 0 Å². The summed E-state index contributed by atoms with van der Waals surface area (Å²) in [5.41, 5.74) is 1.33. The summed E-state index contributed by atoms with van der Waals surface area (Å²) in [4.78, 5) is 12.5. The average Bonchev–Trinajstić information content (AvgIpc) is 2.78. The molecular weight excluding hydrogens is 400 g/mol. The van der Waals surface area contributed by atoms with Crippen LogP contribution in [0.2, 0.25) is 0 Å². The van der Waals surface area contributed by atoms with Crippen molar-refractivity contribution in [1.29, 1.82) is 0 Å². The standard InChI is InChI=1S/C23H28N2O4S/c1-25(20-9-4-3-5-10-20)30(27,28)21-15-13-19(14-16-21)24-23(26)17-12-18-8-6-7-11-22(18)29-2/h6-8,11-17,20H,3-5,9-10H2,1-2H3,(H,24,26). The molecule has 0 atom stereocenters. The first-order valence-electron chi connectivity index (χ1n) is 10.1. The van der Waals surface area contributed by atoms with Crippen LogP contribution in [0.15, 0.2) is 59.5 Å². The van der Waals surface area contributed by atoms with Crippen molar-refractivity contribution in [2.45, 2.75) is 43.0 Å². The van der Waals surface area contributed by atoms with Gasteiger partial charge in [0.1, 0.15) is 5.75 Å². The van der Waals surface area contributed by atoms with Gasteiger partial charge in [0.05, 0.1) is 12.0 Å². The van der Waals surface area contributed by atoms with Crippen molar-refractivity contribution in [2.75, 3.05) is 19.5 Å². The van der Waals surface area contributed by atoms with Crippen LogP contribution in [-0.4, -0.2) is 38.8 Å². The Morgan fingerprint density at radius 1 is 1.07 bits per heavy atom. The molecule has 0 bridgehead atoms. The number of carbonyl (C=O) groups is 1. The number of amides is 1.